The summed E-state index contributed by atoms with van der Waals surface area (Å²) in [5, 5.41) is 10.9. The molecule has 0 atom stereocenters. The highest BCUT2D eigenvalue weighted by atomic mass is 79.9. The fraction of sp³-hybridized carbons (Fsp3) is 0.727. The lowest BCUT2D eigenvalue weighted by atomic mass is 9.94. The third-order valence-electron chi connectivity index (χ3n) is 3.24. The standard InChI is InChI=1S/C11H17BrN4O/c12-6-7-16(9-4-2-1-3-5-9)11(17)10-8-13-15-14-10/h8-9H,1-7H2,(H,13,14,15). The fourth-order valence-corrected chi connectivity index (χ4v) is 2.77. The molecule has 1 heterocycles. The van der Waals surface area contributed by atoms with Crippen molar-refractivity contribution in [2.75, 3.05) is 11.9 Å². The number of amides is 1. The smallest absolute Gasteiger partial charge is 0.276 e. The second-order valence-electron chi connectivity index (χ2n) is 4.33. The molecular weight excluding hydrogens is 284 g/mol. The van der Waals surface area contributed by atoms with Gasteiger partial charge < -0.3 is 4.90 Å². The van der Waals surface area contributed by atoms with E-state index in [0.29, 0.717) is 11.7 Å². The Labute approximate surface area is 109 Å². The number of aromatic amines is 1. The van der Waals surface area contributed by atoms with E-state index in [9.17, 15) is 4.79 Å². The van der Waals surface area contributed by atoms with Crippen LogP contribution in [-0.2, 0) is 0 Å². The molecule has 0 radical (unpaired) electrons. The first kappa shape index (κ1) is 12.5. The van der Waals surface area contributed by atoms with Crippen LogP contribution < -0.4 is 0 Å². The van der Waals surface area contributed by atoms with Crippen LogP contribution >= 0.6 is 15.9 Å². The summed E-state index contributed by atoms with van der Waals surface area (Å²) in [6, 6.07) is 0.366. The van der Waals surface area contributed by atoms with Crippen LogP contribution in [0.5, 0.6) is 0 Å². The lowest BCUT2D eigenvalue weighted by molar-refractivity contribution is 0.0645. The lowest BCUT2D eigenvalue weighted by Gasteiger charge is -2.33. The summed E-state index contributed by atoms with van der Waals surface area (Å²) in [4.78, 5) is 14.2. The number of hydrogen-bond acceptors (Lipinski definition) is 3. The maximum atomic E-state index is 12.3. The first-order valence-electron chi connectivity index (χ1n) is 6.05. The van der Waals surface area contributed by atoms with Crippen LogP contribution in [0.3, 0.4) is 0 Å². The van der Waals surface area contributed by atoms with E-state index in [1.165, 1.54) is 25.5 Å². The molecule has 1 saturated carbocycles. The largest absolute Gasteiger partial charge is 0.333 e. The van der Waals surface area contributed by atoms with E-state index in [1.807, 2.05) is 4.90 Å². The molecule has 1 aliphatic carbocycles. The minimum absolute atomic E-state index is 0.00917. The molecule has 0 aliphatic heterocycles. The molecular formula is C11H17BrN4O. The van der Waals surface area contributed by atoms with E-state index in [4.69, 9.17) is 0 Å². The first-order valence-corrected chi connectivity index (χ1v) is 7.18. The number of rotatable bonds is 4. The number of H-pyrrole nitrogens is 1. The maximum Gasteiger partial charge on any atom is 0.276 e. The van der Waals surface area contributed by atoms with Crippen molar-refractivity contribution in [2.24, 2.45) is 0 Å². The molecule has 1 amide bonds. The molecule has 17 heavy (non-hydrogen) atoms. The van der Waals surface area contributed by atoms with Crippen molar-refractivity contribution in [3.05, 3.63) is 11.9 Å². The average molecular weight is 301 g/mol. The fourth-order valence-electron chi connectivity index (χ4n) is 2.39. The predicted octanol–water partition coefficient (Wildman–Crippen LogP) is 1.97. The predicted molar refractivity (Wildman–Crippen MR) is 68.1 cm³/mol. The summed E-state index contributed by atoms with van der Waals surface area (Å²) in [6.45, 7) is 0.732. The van der Waals surface area contributed by atoms with Crippen LogP contribution in [0, 0.1) is 0 Å². The van der Waals surface area contributed by atoms with Gasteiger partial charge in [-0.25, -0.2) is 0 Å². The van der Waals surface area contributed by atoms with Crippen LogP contribution in [0.4, 0.5) is 0 Å². The average Bonchev–Trinajstić information content (AvgIpc) is 2.90. The van der Waals surface area contributed by atoms with Crippen molar-refractivity contribution in [3.8, 4) is 0 Å². The number of carbonyl (C=O) groups excluding carboxylic acids is 1. The number of hydrogen-bond donors (Lipinski definition) is 1. The van der Waals surface area contributed by atoms with Crippen molar-refractivity contribution in [3.63, 3.8) is 0 Å². The molecule has 0 aromatic carbocycles. The first-order chi connectivity index (χ1) is 8.33. The topological polar surface area (TPSA) is 61.9 Å². The zero-order chi connectivity index (χ0) is 12.1. The molecule has 6 heteroatoms. The number of aromatic nitrogens is 3. The highest BCUT2D eigenvalue weighted by molar-refractivity contribution is 9.09. The third kappa shape index (κ3) is 3.06. The normalized spacial score (nSPS) is 17.0. The van der Waals surface area contributed by atoms with Crippen molar-refractivity contribution >= 4 is 21.8 Å². The number of alkyl halides is 1. The SMILES string of the molecule is O=C(c1cn[nH]n1)N(CCBr)C1CCCCC1. The summed E-state index contributed by atoms with van der Waals surface area (Å²) in [5.41, 5.74) is 0.413. The molecule has 1 fully saturated rings. The summed E-state index contributed by atoms with van der Waals surface area (Å²) < 4.78 is 0. The zero-order valence-electron chi connectivity index (χ0n) is 9.73. The zero-order valence-corrected chi connectivity index (χ0v) is 11.3. The van der Waals surface area contributed by atoms with Crippen LogP contribution in [0.1, 0.15) is 42.6 Å². The molecule has 1 N–H and O–H groups in total. The third-order valence-corrected chi connectivity index (χ3v) is 3.59. The van der Waals surface area contributed by atoms with Gasteiger partial charge >= 0.3 is 0 Å². The van der Waals surface area contributed by atoms with Crippen LogP contribution in [0.15, 0.2) is 6.20 Å². The molecule has 94 valence electrons. The van der Waals surface area contributed by atoms with E-state index in [0.717, 1.165) is 24.7 Å². The molecule has 1 aromatic rings. The van der Waals surface area contributed by atoms with Crippen molar-refractivity contribution in [1.82, 2.24) is 20.3 Å². The molecule has 1 aliphatic rings. The van der Waals surface area contributed by atoms with Gasteiger partial charge in [-0.15, -0.1) is 0 Å². The van der Waals surface area contributed by atoms with E-state index in [2.05, 4.69) is 31.3 Å². The van der Waals surface area contributed by atoms with Gasteiger partial charge in [0.25, 0.3) is 5.91 Å². The molecule has 0 spiro atoms. The van der Waals surface area contributed by atoms with Crippen molar-refractivity contribution in [1.29, 1.82) is 0 Å². The maximum absolute atomic E-state index is 12.3. The monoisotopic (exact) mass is 300 g/mol. The van der Waals surface area contributed by atoms with E-state index in [-0.39, 0.29) is 5.91 Å². The molecule has 1 aromatic heterocycles. The van der Waals surface area contributed by atoms with Crippen molar-refractivity contribution < 1.29 is 4.79 Å². The van der Waals surface area contributed by atoms with Crippen molar-refractivity contribution in [2.45, 2.75) is 38.1 Å². The van der Waals surface area contributed by atoms with Gasteiger partial charge in [0.15, 0.2) is 5.69 Å². The number of nitrogens with zero attached hydrogens (tertiary/aromatic N) is 3. The lowest BCUT2D eigenvalue weighted by Crippen LogP contribution is -2.42. The Hall–Kier alpha value is -0.910. The van der Waals surface area contributed by atoms with Crippen LogP contribution in [0.2, 0.25) is 0 Å². The van der Waals surface area contributed by atoms with Crippen LogP contribution in [0.25, 0.3) is 0 Å². The second-order valence-corrected chi connectivity index (χ2v) is 5.13. The molecule has 0 saturated heterocycles. The van der Waals surface area contributed by atoms with Gasteiger partial charge in [-0.05, 0) is 12.8 Å². The van der Waals surface area contributed by atoms with Gasteiger partial charge in [-0.1, -0.05) is 35.2 Å². The second kappa shape index (κ2) is 6.14. The number of carbonyl (C=O) groups is 1. The summed E-state index contributed by atoms with van der Waals surface area (Å²) in [5.74, 6) is -0.00917. The van der Waals surface area contributed by atoms with Gasteiger partial charge in [-0.3, -0.25) is 4.79 Å². The Morgan fingerprint density at radius 1 is 1.47 bits per heavy atom. The number of halogens is 1. The molecule has 0 unspecified atom stereocenters. The number of nitrogens with one attached hydrogen (secondary N) is 1. The van der Waals surface area contributed by atoms with Gasteiger partial charge in [0, 0.05) is 17.9 Å². The van der Waals surface area contributed by atoms with E-state index >= 15 is 0 Å². The Kier molecular flexibility index (Phi) is 4.53. The van der Waals surface area contributed by atoms with Gasteiger partial charge in [0.2, 0.25) is 0 Å². The highest BCUT2D eigenvalue weighted by Crippen LogP contribution is 2.23. The minimum atomic E-state index is -0.00917. The van der Waals surface area contributed by atoms with E-state index < -0.39 is 0 Å². The Morgan fingerprint density at radius 2 is 2.24 bits per heavy atom. The highest BCUT2D eigenvalue weighted by Gasteiger charge is 2.26. The molecule has 5 nitrogen and oxygen atoms in total. The van der Waals surface area contributed by atoms with Gasteiger partial charge in [0.05, 0.1) is 6.20 Å². The summed E-state index contributed by atoms with van der Waals surface area (Å²) in [7, 11) is 0. The Bertz CT molecular complexity index is 348. The Balaban J connectivity index is 2.07. The van der Waals surface area contributed by atoms with E-state index in [1.54, 1.807) is 0 Å². The van der Waals surface area contributed by atoms with Gasteiger partial charge in [-0.2, -0.15) is 15.4 Å². The van der Waals surface area contributed by atoms with Crippen LogP contribution in [-0.4, -0.2) is 44.1 Å². The Morgan fingerprint density at radius 3 is 2.82 bits per heavy atom. The summed E-state index contributed by atoms with van der Waals surface area (Å²) in [6.07, 6.45) is 7.43. The quantitative estimate of drug-likeness (QED) is 0.865. The molecule has 0 bridgehead atoms. The minimum Gasteiger partial charge on any atom is -0.333 e. The molecule has 2 rings (SSSR count). The summed E-state index contributed by atoms with van der Waals surface area (Å²) >= 11 is 3.41. The van der Waals surface area contributed by atoms with Gasteiger partial charge in [0.1, 0.15) is 0 Å².